The first kappa shape index (κ1) is 22.6. The van der Waals surface area contributed by atoms with Crippen LogP contribution in [0, 0.1) is 0 Å². The van der Waals surface area contributed by atoms with E-state index in [-0.39, 0.29) is 4.21 Å². The van der Waals surface area contributed by atoms with E-state index in [9.17, 15) is 8.42 Å². The van der Waals surface area contributed by atoms with Crippen molar-refractivity contribution in [3.63, 3.8) is 0 Å². The van der Waals surface area contributed by atoms with Crippen LogP contribution in [0.15, 0.2) is 64.9 Å². The molecule has 172 valence electrons. The molecule has 2 aromatic heterocycles. The summed E-state index contributed by atoms with van der Waals surface area (Å²) in [7, 11) is -3.65. The van der Waals surface area contributed by atoms with Gasteiger partial charge in [0.1, 0.15) is 10.0 Å². The van der Waals surface area contributed by atoms with Crippen LogP contribution in [0.25, 0.3) is 10.1 Å². The van der Waals surface area contributed by atoms with E-state index in [1.165, 1.54) is 16.2 Å². The molecule has 0 aliphatic carbocycles. The maximum atomic E-state index is 12.7. The van der Waals surface area contributed by atoms with Gasteiger partial charge < -0.3 is 4.90 Å². The van der Waals surface area contributed by atoms with Gasteiger partial charge in [0.15, 0.2) is 0 Å². The Balaban J connectivity index is 1.20. The number of rotatable bonds is 7. The predicted octanol–water partition coefficient (Wildman–Crippen LogP) is 5.18. The Morgan fingerprint density at radius 3 is 2.52 bits per heavy atom. The van der Waals surface area contributed by atoms with Crippen molar-refractivity contribution in [3.05, 3.63) is 70.6 Å². The molecule has 0 unspecified atom stereocenters. The number of para-hydroxylation sites is 1. The highest BCUT2D eigenvalue weighted by Gasteiger charge is 2.22. The number of piperazine rings is 1. The molecule has 0 amide bonds. The third kappa shape index (κ3) is 5.02. The Kier molecular flexibility index (Phi) is 6.58. The molecule has 1 saturated heterocycles. The minimum absolute atomic E-state index is 0.216. The van der Waals surface area contributed by atoms with Crippen LogP contribution in [0.3, 0.4) is 0 Å². The lowest BCUT2D eigenvalue weighted by Crippen LogP contribution is -2.47. The van der Waals surface area contributed by atoms with Crippen LogP contribution < -0.4 is 9.62 Å². The lowest BCUT2D eigenvalue weighted by molar-refractivity contribution is 0.261. The van der Waals surface area contributed by atoms with Gasteiger partial charge in [-0.15, -0.1) is 11.3 Å². The van der Waals surface area contributed by atoms with Gasteiger partial charge in [-0.05, 0) is 53.8 Å². The monoisotopic (exact) mass is 518 g/mol. The van der Waals surface area contributed by atoms with Crippen LogP contribution in [0.1, 0.15) is 5.56 Å². The lowest BCUT2D eigenvalue weighted by Gasteiger charge is -2.35. The summed E-state index contributed by atoms with van der Waals surface area (Å²) >= 11 is 8.53. The molecule has 0 bridgehead atoms. The van der Waals surface area contributed by atoms with E-state index in [1.807, 2.05) is 24.3 Å². The molecule has 5 rings (SSSR count). The summed E-state index contributed by atoms with van der Waals surface area (Å²) in [5, 5.41) is 1.23. The van der Waals surface area contributed by atoms with Gasteiger partial charge in [0, 0.05) is 38.1 Å². The van der Waals surface area contributed by atoms with Crippen molar-refractivity contribution in [1.29, 1.82) is 0 Å². The zero-order valence-electron chi connectivity index (χ0n) is 17.8. The number of fused-ring (bicyclic) bond motifs is 1. The third-order valence-electron chi connectivity index (χ3n) is 5.80. The highest BCUT2D eigenvalue weighted by molar-refractivity contribution is 7.94. The Morgan fingerprint density at radius 1 is 0.970 bits per heavy atom. The fraction of sp³-hybridized carbons (Fsp3) is 0.261. The van der Waals surface area contributed by atoms with E-state index < -0.39 is 10.0 Å². The quantitative estimate of drug-likeness (QED) is 0.365. The number of hydrogen-bond acceptors (Lipinski definition) is 7. The normalized spacial score (nSPS) is 15.2. The summed E-state index contributed by atoms with van der Waals surface area (Å²) < 4.78 is 34.8. The fourth-order valence-corrected chi connectivity index (χ4v) is 7.42. The lowest BCUT2D eigenvalue weighted by atomic mass is 10.1. The van der Waals surface area contributed by atoms with Crippen LogP contribution in [-0.4, -0.2) is 50.4 Å². The topological polar surface area (TPSA) is 65.5 Å². The first-order valence-corrected chi connectivity index (χ1v) is 14.1. The van der Waals surface area contributed by atoms with Crippen molar-refractivity contribution in [3.8, 4) is 0 Å². The van der Waals surface area contributed by atoms with Crippen LogP contribution in [0.5, 0.6) is 0 Å². The van der Waals surface area contributed by atoms with Crippen LogP contribution in [-0.2, 0) is 16.4 Å². The molecule has 1 aliphatic rings. The van der Waals surface area contributed by atoms with Gasteiger partial charge >= 0.3 is 0 Å². The van der Waals surface area contributed by atoms with Gasteiger partial charge in [-0.1, -0.05) is 41.9 Å². The third-order valence-corrected chi connectivity index (χ3v) is 9.71. The number of thiophene rings is 1. The number of hydrogen-bond donors (Lipinski definition) is 1. The van der Waals surface area contributed by atoms with Gasteiger partial charge in [0.05, 0.1) is 14.7 Å². The minimum atomic E-state index is -3.65. The molecule has 33 heavy (non-hydrogen) atoms. The van der Waals surface area contributed by atoms with Crippen molar-refractivity contribution in [2.24, 2.45) is 0 Å². The molecule has 0 radical (unpaired) electrons. The molecule has 0 atom stereocenters. The Bertz CT molecular complexity index is 1360. The van der Waals surface area contributed by atoms with Crippen LogP contribution in [0.2, 0.25) is 4.34 Å². The molecule has 1 fully saturated rings. The molecule has 0 saturated carbocycles. The largest absolute Gasteiger partial charge is 0.353 e. The number of nitrogens with one attached hydrogen (secondary N) is 1. The second-order valence-corrected chi connectivity index (χ2v) is 12.3. The number of aromatic nitrogens is 1. The van der Waals surface area contributed by atoms with E-state index in [0.29, 0.717) is 10.0 Å². The molecule has 0 spiro atoms. The first-order valence-electron chi connectivity index (χ1n) is 10.7. The van der Waals surface area contributed by atoms with E-state index in [2.05, 4.69) is 43.2 Å². The highest BCUT2D eigenvalue weighted by atomic mass is 35.5. The molecule has 2 aromatic carbocycles. The maximum absolute atomic E-state index is 12.7. The SMILES string of the molecule is O=S(=O)(Nc1ccccc1CCN1CCN(c2nsc3ccccc23)CC1)c1ccc(Cl)s1. The minimum Gasteiger partial charge on any atom is -0.353 e. The van der Waals surface area contributed by atoms with Gasteiger partial charge in [-0.2, -0.15) is 4.37 Å². The smallest absolute Gasteiger partial charge is 0.271 e. The van der Waals surface area contributed by atoms with Crippen molar-refractivity contribution in [2.75, 3.05) is 42.3 Å². The van der Waals surface area contributed by atoms with Crippen LogP contribution >= 0.6 is 34.5 Å². The summed E-state index contributed by atoms with van der Waals surface area (Å²) in [6.45, 7) is 4.64. The second-order valence-electron chi connectivity index (χ2n) is 7.90. The van der Waals surface area contributed by atoms with Crippen molar-refractivity contribution >= 4 is 66.1 Å². The predicted molar refractivity (Wildman–Crippen MR) is 139 cm³/mol. The summed E-state index contributed by atoms with van der Waals surface area (Å²) in [6, 6.07) is 19.1. The second kappa shape index (κ2) is 9.60. The number of anilines is 2. The highest BCUT2D eigenvalue weighted by Crippen LogP contribution is 2.30. The van der Waals surface area contributed by atoms with E-state index in [0.717, 1.165) is 61.9 Å². The fourth-order valence-electron chi connectivity index (χ4n) is 4.04. The van der Waals surface area contributed by atoms with Gasteiger partial charge in [-0.25, -0.2) is 8.42 Å². The summed E-state index contributed by atoms with van der Waals surface area (Å²) in [6.07, 6.45) is 0.767. The maximum Gasteiger partial charge on any atom is 0.271 e. The average molecular weight is 519 g/mol. The van der Waals surface area contributed by atoms with E-state index in [4.69, 9.17) is 11.6 Å². The number of halogens is 1. The molecule has 10 heteroatoms. The van der Waals surface area contributed by atoms with Crippen molar-refractivity contribution in [1.82, 2.24) is 9.27 Å². The molecule has 6 nitrogen and oxygen atoms in total. The zero-order chi connectivity index (χ0) is 22.8. The Labute approximate surface area is 206 Å². The summed E-state index contributed by atoms with van der Waals surface area (Å²) in [5.74, 6) is 1.09. The van der Waals surface area contributed by atoms with Gasteiger partial charge in [0.25, 0.3) is 10.0 Å². The van der Waals surface area contributed by atoms with Crippen molar-refractivity contribution in [2.45, 2.75) is 10.6 Å². The standard InChI is InChI=1S/C23H23ClN4O2S3/c24-21-9-10-22(31-21)33(29,30)26-19-7-3-1-5-17(19)11-12-27-13-15-28(16-14-27)23-18-6-2-4-8-20(18)32-25-23/h1-10,26H,11-16H2. The number of benzene rings is 2. The van der Waals surface area contributed by atoms with Crippen LogP contribution in [0.4, 0.5) is 11.5 Å². The first-order chi connectivity index (χ1) is 16.0. The number of nitrogens with zero attached hydrogens (tertiary/aromatic N) is 3. The van der Waals surface area contributed by atoms with E-state index >= 15 is 0 Å². The molecule has 4 aromatic rings. The van der Waals surface area contributed by atoms with E-state index in [1.54, 1.807) is 17.6 Å². The Morgan fingerprint density at radius 2 is 1.73 bits per heavy atom. The van der Waals surface area contributed by atoms with Gasteiger partial charge in [-0.3, -0.25) is 9.62 Å². The molecular weight excluding hydrogens is 496 g/mol. The van der Waals surface area contributed by atoms with Crippen molar-refractivity contribution < 1.29 is 8.42 Å². The molecule has 1 aliphatic heterocycles. The average Bonchev–Trinajstić information content (AvgIpc) is 3.46. The summed E-state index contributed by atoms with van der Waals surface area (Å²) in [5.41, 5.74) is 1.60. The zero-order valence-corrected chi connectivity index (χ0v) is 21.0. The summed E-state index contributed by atoms with van der Waals surface area (Å²) in [4.78, 5) is 4.79. The number of sulfonamides is 1. The molecule has 3 heterocycles. The molecule has 1 N–H and O–H groups in total. The molecular formula is C23H23ClN4O2S3. The Hall–Kier alpha value is -2.17. The van der Waals surface area contributed by atoms with Gasteiger partial charge in [0.2, 0.25) is 0 Å².